The molecule has 3 aliphatic rings. The summed E-state index contributed by atoms with van der Waals surface area (Å²) in [7, 11) is 1.28. The second-order valence-corrected chi connectivity index (χ2v) is 14.4. The van der Waals surface area contributed by atoms with Gasteiger partial charge in [-0.3, -0.25) is 18.2 Å². The number of hydrogen-bond donors (Lipinski definition) is 3. The standard InChI is InChI=1S/C21H22BF2N9O8P2S/c22-42(34)36-3-9-16(12(24)21(38-9)33-7-31-14-17(26)28-5-29-19(14)33)41-43(35,44)37-4-10-15(40-42)11(23)20(39-10)32-6-30-13-8(25)1-2-27-18(13)32/h1-2,5-7,9-12,15-16,20-21H,3-4H2,(H2,25,27)(H,35,44)(H2,26,28,29)/t9-,10-,11-,12-,15-,16-,20-,21-,42?,43?/m1/s1. The van der Waals surface area contributed by atoms with Gasteiger partial charge in [0.25, 0.3) is 7.47 Å². The van der Waals surface area contributed by atoms with Gasteiger partial charge in [-0.2, -0.15) is 0 Å². The molecule has 23 heteroatoms. The summed E-state index contributed by atoms with van der Waals surface area (Å²) in [5, 5.41) is 0. The van der Waals surface area contributed by atoms with E-state index >= 15 is 8.78 Å². The molecule has 4 aromatic heterocycles. The molecule has 17 nitrogen and oxygen atoms in total. The number of halogens is 2. The Morgan fingerprint density at radius 1 is 0.909 bits per heavy atom. The first kappa shape index (κ1) is 30.0. The molecule has 3 aliphatic heterocycles. The van der Waals surface area contributed by atoms with Crippen LogP contribution in [-0.4, -0.2) is 96.5 Å². The summed E-state index contributed by atoms with van der Waals surface area (Å²) in [6.07, 6.45) is -7.79. The zero-order chi connectivity index (χ0) is 31.0. The van der Waals surface area contributed by atoms with Crippen LogP contribution in [0.3, 0.4) is 0 Å². The van der Waals surface area contributed by atoms with Crippen molar-refractivity contribution in [3.63, 3.8) is 0 Å². The quantitative estimate of drug-likeness (QED) is 0.201. The lowest BCUT2D eigenvalue weighted by atomic mass is 10.1. The minimum absolute atomic E-state index is 0.0523. The van der Waals surface area contributed by atoms with Gasteiger partial charge in [-0.25, -0.2) is 33.7 Å². The lowest BCUT2D eigenvalue weighted by Gasteiger charge is -2.29. The van der Waals surface area contributed by atoms with E-state index in [1.54, 1.807) is 0 Å². The molecule has 0 amide bonds. The number of anilines is 2. The normalized spacial score (nSPS) is 38.2. The van der Waals surface area contributed by atoms with Crippen LogP contribution in [0, 0.1) is 0 Å². The van der Waals surface area contributed by atoms with Crippen molar-refractivity contribution in [3.05, 3.63) is 31.2 Å². The van der Waals surface area contributed by atoms with E-state index in [0.717, 1.165) is 6.33 Å². The number of fused-ring (bicyclic) bond motifs is 4. The molecule has 0 bridgehead atoms. The third kappa shape index (κ3) is 5.20. The van der Waals surface area contributed by atoms with Crippen LogP contribution < -0.4 is 11.5 Å². The largest absolute Gasteiger partial charge is 0.397 e. The molecule has 3 fully saturated rings. The highest BCUT2D eigenvalue weighted by atomic mass is 32.5. The Morgan fingerprint density at radius 3 is 2.18 bits per heavy atom. The van der Waals surface area contributed by atoms with Crippen molar-refractivity contribution < 1.29 is 45.8 Å². The van der Waals surface area contributed by atoms with Gasteiger partial charge >= 0.3 is 6.72 Å². The van der Waals surface area contributed by atoms with E-state index in [2.05, 4.69) is 24.9 Å². The van der Waals surface area contributed by atoms with E-state index in [4.69, 9.17) is 58.4 Å². The topological polar surface area (TPSA) is 219 Å². The molecule has 2 radical (unpaired) electrons. The molecule has 0 saturated carbocycles. The molecule has 7 rings (SSSR count). The maximum Gasteiger partial charge on any atom is 0.325 e. The molecule has 3 saturated heterocycles. The molecule has 0 spiro atoms. The predicted molar refractivity (Wildman–Crippen MR) is 151 cm³/mol. The minimum Gasteiger partial charge on any atom is -0.397 e. The van der Waals surface area contributed by atoms with Crippen molar-refractivity contribution in [2.24, 2.45) is 0 Å². The molecule has 10 atom stereocenters. The fourth-order valence-corrected chi connectivity index (χ4v) is 7.72. The molecule has 0 aliphatic carbocycles. The first-order valence-electron chi connectivity index (χ1n) is 12.9. The van der Waals surface area contributed by atoms with E-state index in [0.29, 0.717) is 11.2 Å². The Kier molecular flexibility index (Phi) is 7.48. The zero-order valence-electron chi connectivity index (χ0n) is 22.1. The van der Waals surface area contributed by atoms with E-state index in [1.165, 1.54) is 34.1 Å². The molecule has 7 heterocycles. The highest BCUT2D eigenvalue weighted by molar-refractivity contribution is 8.07. The van der Waals surface area contributed by atoms with Gasteiger partial charge in [-0.1, -0.05) is 0 Å². The maximum atomic E-state index is 16.0. The van der Waals surface area contributed by atoms with Crippen molar-refractivity contribution in [2.45, 2.75) is 49.2 Å². The van der Waals surface area contributed by atoms with E-state index < -0.39 is 76.6 Å². The molecular formula is C21H22BF2N9O8P2S. The predicted octanol–water partition coefficient (Wildman–Crippen LogP) is 1.22. The molecule has 4 aromatic rings. The van der Waals surface area contributed by atoms with Crippen LogP contribution in [0.1, 0.15) is 12.5 Å². The van der Waals surface area contributed by atoms with Crippen LogP contribution in [0.15, 0.2) is 31.2 Å². The van der Waals surface area contributed by atoms with Crippen molar-refractivity contribution >= 4 is 67.4 Å². The van der Waals surface area contributed by atoms with Crippen molar-refractivity contribution in [1.29, 1.82) is 0 Å². The smallest absolute Gasteiger partial charge is 0.325 e. The average molecular weight is 671 g/mol. The van der Waals surface area contributed by atoms with Gasteiger partial charge in [0, 0.05) is 6.20 Å². The minimum atomic E-state index is -4.56. The second kappa shape index (κ2) is 11.0. The second-order valence-electron chi connectivity index (χ2n) is 10.1. The molecule has 232 valence electrons. The van der Waals surface area contributed by atoms with Gasteiger partial charge in [-0.05, 0) is 17.9 Å². The zero-order valence-corrected chi connectivity index (χ0v) is 24.8. The number of hydrogen-bond acceptors (Lipinski definition) is 15. The van der Waals surface area contributed by atoms with Gasteiger partial charge < -0.3 is 39.4 Å². The van der Waals surface area contributed by atoms with Crippen LogP contribution in [-0.2, 0) is 43.9 Å². The Bertz CT molecular complexity index is 1710. The van der Waals surface area contributed by atoms with Crippen LogP contribution >= 0.6 is 14.2 Å². The fraction of sp³-hybridized carbons (Fsp3) is 0.476. The summed E-state index contributed by atoms with van der Waals surface area (Å²) in [6, 6.07) is 1.52. The first-order chi connectivity index (χ1) is 20.9. The lowest BCUT2D eigenvalue weighted by Crippen LogP contribution is -2.37. The Hall–Kier alpha value is -2.71. The van der Waals surface area contributed by atoms with Crippen molar-refractivity contribution in [3.8, 4) is 0 Å². The average Bonchev–Trinajstić information content (AvgIpc) is 3.73. The number of rotatable bonds is 2. The maximum absolute atomic E-state index is 16.0. The number of nitrogens with two attached hydrogens (primary N) is 2. The summed E-state index contributed by atoms with van der Waals surface area (Å²) >= 11 is 5.15. The Morgan fingerprint density at radius 2 is 1.50 bits per heavy atom. The monoisotopic (exact) mass is 671 g/mol. The van der Waals surface area contributed by atoms with Gasteiger partial charge in [0.15, 0.2) is 41.9 Å². The Labute approximate surface area is 252 Å². The summed E-state index contributed by atoms with van der Waals surface area (Å²) in [4.78, 5) is 31.3. The van der Waals surface area contributed by atoms with Crippen LogP contribution in [0.2, 0.25) is 0 Å². The van der Waals surface area contributed by atoms with E-state index in [9.17, 15) is 9.46 Å². The van der Waals surface area contributed by atoms with Gasteiger partial charge in [0.05, 0.1) is 31.6 Å². The Balaban J connectivity index is 1.17. The number of pyridine rings is 1. The highest BCUT2D eigenvalue weighted by Crippen LogP contribution is 2.54. The van der Waals surface area contributed by atoms with Crippen molar-refractivity contribution in [2.75, 3.05) is 24.7 Å². The van der Waals surface area contributed by atoms with Crippen molar-refractivity contribution in [1.82, 2.24) is 34.1 Å². The van der Waals surface area contributed by atoms with E-state index in [1.807, 2.05) is 0 Å². The van der Waals surface area contributed by atoms with Gasteiger partial charge in [0.1, 0.15) is 41.8 Å². The van der Waals surface area contributed by atoms with Crippen LogP contribution in [0.4, 0.5) is 20.3 Å². The number of ether oxygens (including phenoxy) is 2. The lowest BCUT2D eigenvalue weighted by molar-refractivity contribution is -0.0566. The van der Waals surface area contributed by atoms with E-state index in [-0.39, 0.29) is 22.6 Å². The third-order valence-corrected chi connectivity index (χ3v) is 9.91. The summed E-state index contributed by atoms with van der Waals surface area (Å²) < 4.78 is 81.1. The SMILES string of the molecule is [B]P1(=O)OC[C@H]2O[C@@H](n3cnc4c(N)ncnc43)[C@H](F)[C@@H]2OP(O)(=S)OC[C@H]2O[C@@H](n3cnc4c(N)ccnc43)[C@H](F)[C@@H]2O1. The molecule has 44 heavy (non-hydrogen) atoms. The molecule has 2 unspecified atom stereocenters. The van der Waals surface area contributed by atoms with Gasteiger partial charge in [-0.15, -0.1) is 0 Å². The molecular weight excluding hydrogens is 649 g/mol. The van der Waals surface area contributed by atoms with Crippen LogP contribution in [0.25, 0.3) is 22.3 Å². The summed E-state index contributed by atoms with van der Waals surface area (Å²) in [5.41, 5.74) is 12.9. The number of alkyl halides is 2. The molecule has 0 aromatic carbocycles. The number of nitrogen functional groups attached to an aromatic ring is 2. The first-order valence-corrected chi connectivity index (χ1v) is 17.1. The number of imidazole rings is 2. The van der Waals surface area contributed by atoms with Gasteiger partial charge in [0.2, 0.25) is 7.57 Å². The summed E-state index contributed by atoms with van der Waals surface area (Å²) in [5.74, 6) is 0.0523. The summed E-state index contributed by atoms with van der Waals surface area (Å²) in [6.45, 7) is -5.56. The highest BCUT2D eigenvalue weighted by Gasteiger charge is 2.53. The third-order valence-electron chi connectivity index (χ3n) is 7.31. The van der Waals surface area contributed by atoms with Crippen LogP contribution in [0.5, 0.6) is 0 Å². The number of nitrogens with zero attached hydrogens (tertiary/aromatic N) is 7. The number of aromatic nitrogens is 7. The fourth-order valence-electron chi connectivity index (χ4n) is 5.28. The molecule has 5 N–H and O–H groups in total.